The largest absolute Gasteiger partial charge is 0.377 e. The van der Waals surface area contributed by atoms with Crippen molar-refractivity contribution in [1.29, 1.82) is 0 Å². The van der Waals surface area contributed by atoms with Gasteiger partial charge in [0.25, 0.3) is 0 Å². The molecule has 3 aliphatic rings. The van der Waals surface area contributed by atoms with E-state index in [1.807, 2.05) is 6.08 Å². The molecule has 0 spiro atoms. The van der Waals surface area contributed by atoms with Crippen LogP contribution in [0, 0.1) is 17.8 Å². The minimum absolute atomic E-state index is 0.0824. The highest BCUT2D eigenvalue weighted by molar-refractivity contribution is 5.90. The van der Waals surface area contributed by atoms with Crippen LogP contribution in [0.1, 0.15) is 44.9 Å². The molecule has 1 aliphatic carbocycles. The zero-order valence-corrected chi connectivity index (χ0v) is 18.6. The second kappa shape index (κ2) is 11.6. The number of likely N-dealkylation sites (tertiary alicyclic amines) is 2. The monoisotopic (exact) mass is 414 g/mol. The highest BCUT2D eigenvalue weighted by atomic mass is 16.5. The van der Waals surface area contributed by atoms with E-state index in [-0.39, 0.29) is 17.6 Å². The van der Waals surface area contributed by atoms with Gasteiger partial charge in [-0.25, -0.2) is 0 Å². The Labute approximate surface area is 181 Å². The van der Waals surface area contributed by atoms with E-state index in [1.165, 1.54) is 31.5 Å². The maximum Gasteiger partial charge on any atom is 0.226 e. The SMILES string of the molecule is C=C/C=C(\C=C/COCC1CCN(C)CC1)C1CCC(C(=O)N2CCC(=O)C2)CC1. The van der Waals surface area contributed by atoms with Crippen molar-refractivity contribution in [3.05, 3.63) is 36.5 Å². The molecule has 0 unspecified atom stereocenters. The number of amides is 1. The Kier molecular flexibility index (Phi) is 8.88. The van der Waals surface area contributed by atoms with Crippen molar-refractivity contribution in [1.82, 2.24) is 9.80 Å². The molecule has 0 aromatic carbocycles. The van der Waals surface area contributed by atoms with Crippen LogP contribution >= 0.6 is 0 Å². The second-order valence-electron chi connectivity index (χ2n) is 9.19. The zero-order valence-electron chi connectivity index (χ0n) is 18.6. The van der Waals surface area contributed by atoms with Gasteiger partial charge in [0.05, 0.1) is 13.2 Å². The fourth-order valence-corrected chi connectivity index (χ4v) is 4.93. The van der Waals surface area contributed by atoms with Gasteiger partial charge in [-0.15, -0.1) is 0 Å². The number of hydrogen-bond donors (Lipinski definition) is 0. The van der Waals surface area contributed by atoms with Gasteiger partial charge in [-0.05, 0) is 76.1 Å². The van der Waals surface area contributed by atoms with Gasteiger partial charge in [0.1, 0.15) is 0 Å². The van der Waals surface area contributed by atoms with Crippen LogP contribution in [0.3, 0.4) is 0 Å². The normalized spacial score (nSPS) is 27.2. The third kappa shape index (κ3) is 6.64. The van der Waals surface area contributed by atoms with Crippen LogP contribution in [-0.2, 0) is 14.3 Å². The maximum absolute atomic E-state index is 12.7. The molecule has 0 bridgehead atoms. The Balaban J connectivity index is 1.40. The molecular formula is C25H38N2O3. The number of carbonyl (C=O) groups excluding carboxylic acids is 2. The summed E-state index contributed by atoms with van der Waals surface area (Å²) in [6.07, 6.45) is 15.1. The molecule has 3 fully saturated rings. The first-order chi connectivity index (χ1) is 14.6. The maximum atomic E-state index is 12.7. The van der Waals surface area contributed by atoms with E-state index in [9.17, 15) is 9.59 Å². The number of Topliss-reactive ketones (excluding diaryl/α,β-unsaturated/α-hetero) is 1. The summed E-state index contributed by atoms with van der Waals surface area (Å²) in [5.74, 6) is 1.62. The van der Waals surface area contributed by atoms with Crippen LogP contribution in [0.4, 0.5) is 0 Å². The lowest BCUT2D eigenvalue weighted by atomic mass is 9.77. The van der Waals surface area contributed by atoms with Gasteiger partial charge in [-0.1, -0.05) is 30.9 Å². The summed E-state index contributed by atoms with van der Waals surface area (Å²) in [4.78, 5) is 28.3. The van der Waals surface area contributed by atoms with Gasteiger partial charge >= 0.3 is 0 Å². The third-order valence-electron chi connectivity index (χ3n) is 6.91. The minimum atomic E-state index is 0.0824. The molecule has 0 radical (unpaired) electrons. The molecule has 1 amide bonds. The highest BCUT2D eigenvalue weighted by Crippen LogP contribution is 2.35. The molecule has 30 heavy (non-hydrogen) atoms. The Bertz CT molecular complexity index is 653. The average molecular weight is 415 g/mol. The summed E-state index contributed by atoms with van der Waals surface area (Å²) in [6.45, 7) is 8.66. The molecule has 0 atom stereocenters. The Morgan fingerprint density at radius 2 is 1.80 bits per heavy atom. The predicted octanol–water partition coefficient (Wildman–Crippen LogP) is 3.62. The predicted molar refractivity (Wildman–Crippen MR) is 120 cm³/mol. The summed E-state index contributed by atoms with van der Waals surface area (Å²) < 4.78 is 5.90. The molecule has 5 heteroatoms. The number of rotatable bonds is 8. The first-order valence-electron chi connectivity index (χ1n) is 11.6. The Hall–Kier alpha value is -1.72. The Morgan fingerprint density at radius 1 is 1.10 bits per heavy atom. The quantitative estimate of drug-likeness (QED) is 0.450. The summed E-state index contributed by atoms with van der Waals surface area (Å²) in [7, 11) is 2.18. The van der Waals surface area contributed by atoms with Crippen molar-refractivity contribution in [2.24, 2.45) is 17.8 Å². The van der Waals surface area contributed by atoms with Crippen LogP contribution in [0.15, 0.2) is 36.5 Å². The van der Waals surface area contributed by atoms with Gasteiger partial charge in [-0.2, -0.15) is 0 Å². The summed E-state index contributed by atoms with van der Waals surface area (Å²) in [5.41, 5.74) is 1.29. The van der Waals surface area contributed by atoms with Crippen LogP contribution in [0.25, 0.3) is 0 Å². The molecule has 2 heterocycles. The fraction of sp³-hybridized carbons (Fsp3) is 0.680. The number of carbonyl (C=O) groups is 2. The number of allylic oxidation sites excluding steroid dienone is 4. The topological polar surface area (TPSA) is 49.9 Å². The number of ketones is 1. The van der Waals surface area contributed by atoms with Crippen molar-refractivity contribution in [2.45, 2.75) is 44.9 Å². The molecule has 1 saturated carbocycles. The molecule has 2 saturated heterocycles. The number of piperidine rings is 1. The molecular weight excluding hydrogens is 376 g/mol. The highest BCUT2D eigenvalue weighted by Gasteiger charge is 2.33. The van der Waals surface area contributed by atoms with Crippen LogP contribution < -0.4 is 0 Å². The lowest BCUT2D eigenvalue weighted by molar-refractivity contribution is -0.136. The van der Waals surface area contributed by atoms with Gasteiger partial charge in [0.2, 0.25) is 5.91 Å². The first-order valence-corrected chi connectivity index (χ1v) is 11.6. The molecule has 166 valence electrons. The summed E-state index contributed by atoms with van der Waals surface area (Å²) in [5, 5.41) is 0. The van der Waals surface area contributed by atoms with Crippen LogP contribution in [0.2, 0.25) is 0 Å². The lowest BCUT2D eigenvalue weighted by Crippen LogP contribution is -2.36. The van der Waals surface area contributed by atoms with Gasteiger partial charge in [0.15, 0.2) is 5.78 Å². The molecule has 5 nitrogen and oxygen atoms in total. The van der Waals surface area contributed by atoms with Crippen molar-refractivity contribution in [3.8, 4) is 0 Å². The van der Waals surface area contributed by atoms with Gasteiger partial charge in [-0.3, -0.25) is 9.59 Å². The third-order valence-corrected chi connectivity index (χ3v) is 6.91. The smallest absolute Gasteiger partial charge is 0.226 e. The van der Waals surface area contributed by atoms with E-state index in [4.69, 9.17) is 4.74 Å². The second-order valence-corrected chi connectivity index (χ2v) is 9.19. The van der Waals surface area contributed by atoms with Crippen molar-refractivity contribution >= 4 is 11.7 Å². The van der Waals surface area contributed by atoms with Crippen molar-refractivity contribution in [3.63, 3.8) is 0 Å². The fourth-order valence-electron chi connectivity index (χ4n) is 4.93. The number of hydrogen-bond acceptors (Lipinski definition) is 4. The van der Waals surface area contributed by atoms with E-state index in [0.29, 0.717) is 38.0 Å². The van der Waals surface area contributed by atoms with E-state index in [2.05, 4.69) is 36.8 Å². The standard InChI is InChI=1S/C25H38N2O3/c1-3-5-21(6-4-17-30-19-20-11-14-26(2)15-12-20)22-7-9-23(10-8-22)25(29)27-16-13-24(28)18-27/h3-6,20,22-23H,1,7-19H2,2H3/b6-4-,21-5+. The summed E-state index contributed by atoms with van der Waals surface area (Å²) >= 11 is 0. The first kappa shape index (κ1) is 23.0. The number of nitrogens with zero attached hydrogens (tertiary/aromatic N) is 2. The lowest BCUT2D eigenvalue weighted by Gasteiger charge is -2.31. The van der Waals surface area contributed by atoms with E-state index < -0.39 is 0 Å². The zero-order chi connectivity index (χ0) is 21.3. The molecule has 3 rings (SSSR count). The molecule has 0 N–H and O–H groups in total. The summed E-state index contributed by atoms with van der Waals surface area (Å²) in [6, 6.07) is 0. The minimum Gasteiger partial charge on any atom is -0.377 e. The van der Waals surface area contributed by atoms with Crippen LogP contribution in [0.5, 0.6) is 0 Å². The van der Waals surface area contributed by atoms with E-state index >= 15 is 0 Å². The van der Waals surface area contributed by atoms with Crippen molar-refractivity contribution in [2.75, 3.05) is 46.4 Å². The average Bonchev–Trinajstić information content (AvgIpc) is 3.20. The van der Waals surface area contributed by atoms with Crippen molar-refractivity contribution < 1.29 is 14.3 Å². The Morgan fingerprint density at radius 3 is 2.43 bits per heavy atom. The van der Waals surface area contributed by atoms with Crippen LogP contribution in [-0.4, -0.2) is 67.9 Å². The molecule has 2 aliphatic heterocycles. The number of ether oxygens (including phenoxy) is 1. The van der Waals surface area contributed by atoms with E-state index in [1.54, 1.807) is 4.90 Å². The van der Waals surface area contributed by atoms with E-state index in [0.717, 1.165) is 32.3 Å². The van der Waals surface area contributed by atoms with Gasteiger partial charge in [0, 0.05) is 25.5 Å². The molecule has 0 aromatic heterocycles. The molecule has 0 aromatic rings. The van der Waals surface area contributed by atoms with Gasteiger partial charge < -0.3 is 14.5 Å².